The van der Waals surface area contributed by atoms with Gasteiger partial charge in [0.05, 0.1) is 4.92 Å². The molecule has 24 heavy (non-hydrogen) atoms. The molecule has 0 fully saturated rings. The molecule has 2 aromatic carbocycles. The minimum Gasteiger partial charge on any atom is -0.760 e. The zero-order valence-corrected chi connectivity index (χ0v) is 13.2. The van der Waals surface area contributed by atoms with Crippen molar-refractivity contribution in [3.63, 3.8) is 0 Å². The van der Waals surface area contributed by atoms with E-state index < -0.39 is 15.5 Å². The first-order chi connectivity index (χ1) is 11.4. The number of rotatable bonds is 4. The third kappa shape index (κ3) is 3.02. The highest BCUT2D eigenvalue weighted by Gasteiger charge is 2.20. The quantitative estimate of drug-likeness (QED) is 0.651. The van der Waals surface area contributed by atoms with E-state index in [-0.39, 0.29) is 23.0 Å². The number of nitro benzene ring substituents is 1. The minimum atomic E-state index is -3.22. The lowest BCUT2D eigenvalue weighted by molar-refractivity contribution is -0.384. The molecule has 0 aromatic heterocycles. The molecule has 2 N–H and O–H groups in total. The van der Waals surface area contributed by atoms with E-state index in [4.69, 9.17) is 0 Å². The van der Waals surface area contributed by atoms with Gasteiger partial charge in [0.1, 0.15) is 0 Å². The lowest BCUT2D eigenvalue weighted by Crippen LogP contribution is -2.23. The van der Waals surface area contributed by atoms with Gasteiger partial charge in [0.15, 0.2) is 0 Å². The normalized spacial score (nSPS) is 20.9. The number of benzene rings is 2. The summed E-state index contributed by atoms with van der Waals surface area (Å²) in [6.45, 7) is 0.193. The number of nitro groups is 1. The highest BCUT2D eigenvalue weighted by Crippen LogP contribution is 2.56. The average molecular weight is 345 g/mol. The van der Waals surface area contributed by atoms with Crippen molar-refractivity contribution >= 4 is 28.3 Å². The third-order valence-corrected chi connectivity index (χ3v) is 5.14. The van der Waals surface area contributed by atoms with E-state index in [1.54, 1.807) is 24.3 Å². The van der Waals surface area contributed by atoms with E-state index in [1.165, 1.54) is 29.7 Å². The smallest absolute Gasteiger partial charge is 0.269 e. The molecule has 1 atom stereocenters. The van der Waals surface area contributed by atoms with Gasteiger partial charge in [0, 0.05) is 34.7 Å². The van der Waals surface area contributed by atoms with E-state index in [9.17, 15) is 24.0 Å². The fourth-order valence-electron chi connectivity index (χ4n) is 2.42. The molecule has 1 heterocycles. The van der Waals surface area contributed by atoms with Crippen LogP contribution in [0.15, 0.2) is 52.8 Å². The zero-order chi connectivity index (χ0) is 17.3. The van der Waals surface area contributed by atoms with Crippen molar-refractivity contribution in [3.05, 3.63) is 74.7 Å². The van der Waals surface area contributed by atoms with E-state index in [0.717, 1.165) is 0 Å². The molecule has 2 aromatic rings. The van der Waals surface area contributed by atoms with Crippen LogP contribution in [0, 0.1) is 10.1 Å². The van der Waals surface area contributed by atoms with Crippen LogP contribution in [-0.2, 0) is 6.54 Å². The monoisotopic (exact) mass is 345 g/mol. The van der Waals surface area contributed by atoms with Gasteiger partial charge in [0.25, 0.3) is 11.6 Å². The molecule has 0 spiro atoms. The minimum absolute atomic E-state index is 0.0196. The summed E-state index contributed by atoms with van der Waals surface area (Å²) >= 11 is 0. The van der Waals surface area contributed by atoms with E-state index >= 15 is 0 Å². The molecular weight excluding hydrogens is 332 g/mol. The van der Waals surface area contributed by atoms with Crippen molar-refractivity contribution in [3.8, 4) is 0 Å². The highest BCUT2D eigenvalue weighted by molar-refractivity contribution is 8.27. The summed E-state index contributed by atoms with van der Waals surface area (Å²) in [6.07, 6.45) is 1.47. The molecule has 0 bridgehead atoms. The second-order valence-corrected chi connectivity index (χ2v) is 7.04. The number of carbonyl (C=O) groups is 1. The summed E-state index contributed by atoms with van der Waals surface area (Å²) in [4.78, 5) is 22.7. The van der Waals surface area contributed by atoms with E-state index in [1.807, 2.05) is 0 Å². The van der Waals surface area contributed by atoms with Gasteiger partial charge in [-0.1, -0.05) is 18.2 Å². The van der Waals surface area contributed by atoms with Crippen molar-refractivity contribution < 1.29 is 18.8 Å². The Morgan fingerprint density at radius 1 is 1.21 bits per heavy atom. The molecule has 3 rings (SSSR count). The van der Waals surface area contributed by atoms with Crippen LogP contribution in [0.5, 0.6) is 0 Å². The topological polar surface area (TPSA) is 116 Å². The molecular formula is C16H13N2O5S-. The Hall–Kier alpha value is -2.68. The van der Waals surface area contributed by atoms with E-state index in [2.05, 4.69) is 5.32 Å². The number of non-ortho nitro benzene ring substituents is 1. The molecule has 1 aliphatic heterocycles. The first kappa shape index (κ1) is 16.2. The molecule has 1 aliphatic rings. The molecule has 7 nitrogen and oxygen atoms in total. The molecule has 1 amide bonds. The average Bonchev–Trinajstić information content (AvgIpc) is 2.88. The summed E-state index contributed by atoms with van der Waals surface area (Å²) in [5.41, 5.74) is 1.44. The standard InChI is InChI=1S/C16H14N2O5S/c19-16(17-10-11-4-6-12(7-5-11)18(20)21)14-2-1-3-15-13(14)8-9-24(15,22)23/h1-9,22-23H,10H2,(H,17,19)/p-1. The fourth-order valence-corrected chi connectivity index (χ4v) is 3.65. The van der Waals surface area contributed by atoms with Gasteiger partial charge < -0.3 is 25.0 Å². The van der Waals surface area contributed by atoms with Crippen LogP contribution >= 0.6 is 10.6 Å². The second-order valence-electron chi connectivity index (χ2n) is 5.20. The number of hydrogen-bond acceptors (Lipinski definition) is 5. The van der Waals surface area contributed by atoms with Crippen LogP contribution in [0.25, 0.3) is 6.08 Å². The molecule has 0 radical (unpaired) electrons. The van der Waals surface area contributed by atoms with Crippen molar-refractivity contribution in [2.45, 2.75) is 11.4 Å². The predicted molar refractivity (Wildman–Crippen MR) is 89.0 cm³/mol. The zero-order valence-electron chi connectivity index (χ0n) is 12.3. The molecule has 0 saturated heterocycles. The Labute approximate surface area is 139 Å². The van der Waals surface area contributed by atoms with Gasteiger partial charge in [-0.3, -0.25) is 14.9 Å². The molecule has 8 heteroatoms. The number of amides is 1. The van der Waals surface area contributed by atoms with Gasteiger partial charge in [-0.05, 0) is 29.2 Å². The number of nitrogens with zero attached hydrogens (tertiary/aromatic N) is 1. The van der Waals surface area contributed by atoms with Crippen LogP contribution in [0.1, 0.15) is 21.5 Å². The maximum absolute atomic E-state index is 12.3. The first-order valence-corrected chi connectivity index (χ1v) is 8.55. The van der Waals surface area contributed by atoms with Crippen LogP contribution in [0.2, 0.25) is 0 Å². The fraction of sp³-hybridized carbons (Fsp3) is 0.0625. The van der Waals surface area contributed by atoms with Crippen LogP contribution in [0.3, 0.4) is 0 Å². The van der Waals surface area contributed by atoms with Gasteiger partial charge in [-0.2, -0.15) is 0 Å². The van der Waals surface area contributed by atoms with Gasteiger partial charge in [-0.25, -0.2) is 0 Å². The predicted octanol–water partition coefficient (Wildman–Crippen LogP) is 3.28. The lowest BCUT2D eigenvalue weighted by atomic mass is 10.1. The second kappa shape index (κ2) is 6.08. The Morgan fingerprint density at radius 2 is 1.92 bits per heavy atom. The molecule has 1 unspecified atom stereocenters. The number of hydrogen-bond donors (Lipinski definition) is 2. The number of fused-ring (bicyclic) bond motifs is 1. The first-order valence-electron chi connectivity index (χ1n) is 6.98. The van der Waals surface area contributed by atoms with Crippen molar-refractivity contribution in [1.82, 2.24) is 5.32 Å². The molecule has 0 saturated carbocycles. The van der Waals surface area contributed by atoms with Crippen molar-refractivity contribution in [1.29, 1.82) is 0 Å². The Kier molecular flexibility index (Phi) is 4.10. The van der Waals surface area contributed by atoms with Crippen LogP contribution < -0.4 is 5.32 Å². The number of nitrogens with one attached hydrogen (secondary N) is 1. The van der Waals surface area contributed by atoms with Gasteiger partial charge in [0.2, 0.25) is 0 Å². The van der Waals surface area contributed by atoms with Crippen LogP contribution in [-0.4, -0.2) is 19.9 Å². The SMILES string of the molecule is O=C(NCc1ccc([N+](=O)[O-])cc1)c1cccc2c1C=CS2([O-])O. The van der Waals surface area contributed by atoms with Crippen LogP contribution in [0.4, 0.5) is 5.69 Å². The van der Waals surface area contributed by atoms with E-state index in [0.29, 0.717) is 16.7 Å². The summed E-state index contributed by atoms with van der Waals surface area (Å²) in [7, 11) is -3.22. The summed E-state index contributed by atoms with van der Waals surface area (Å²) < 4.78 is 21.7. The summed E-state index contributed by atoms with van der Waals surface area (Å²) in [5, 5.41) is 14.5. The van der Waals surface area contributed by atoms with Gasteiger partial charge >= 0.3 is 0 Å². The maximum atomic E-state index is 12.3. The highest BCUT2D eigenvalue weighted by atomic mass is 32.3. The van der Waals surface area contributed by atoms with Crippen molar-refractivity contribution in [2.75, 3.05) is 0 Å². The third-order valence-electron chi connectivity index (χ3n) is 3.65. The largest absolute Gasteiger partial charge is 0.760 e. The maximum Gasteiger partial charge on any atom is 0.269 e. The van der Waals surface area contributed by atoms with Gasteiger partial charge in [-0.15, -0.1) is 0 Å². The Morgan fingerprint density at radius 3 is 2.58 bits per heavy atom. The molecule has 0 aliphatic carbocycles. The Balaban J connectivity index is 1.74. The summed E-state index contributed by atoms with van der Waals surface area (Å²) in [5.74, 6) is -0.382. The van der Waals surface area contributed by atoms with Crippen molar-refractivity contribution in [2.24, 2.45) is 0 Å². The molecule has 124 valence electrons. The summed E-state index contributed by atoms with van der Waals surface area (Å²) in [6, 6.07) is 10.5. The Bertz CT molecular complexity index is 846. The lowest BCUT2D eigenvalue weighted by Gasteiger charge is -2.40. The number of carbonyl (C=O) groups excluding carboxylic acids is 1.